The van der Waals surface area contributed by atoms with Crippen LogP contribution in [-0.4, -0.2) is 12.9 Å². The fourth-order valence-electron chi connectivity index (χ4n) is 5.55. The third kappa shape index (κ3) is 4.91. The Morgan fingerprint density at radius 2 is 1.85 bits per heavy atom. The number of carbonyl (C=O) groups excluding carboxylic acids is 1. The first-order chi connectivity index (χ1) is 19.2. The molecule has 5 rings (SSSR count). The molecule has 0 fully saturated rings. The van der Waals surface area contributed by atoms with Gasteiger partial charge in [0.1, 0.15) is 29.7 Å². The van der Waals surface area contributed by atoms with Crippen LogP contribution in [0.15, 0.2) is 77.3 Å². The predicted molar refractivity (Wildman–Crippen MR) is 153 cm³/mol. The van der Waals surface area contributed by atoms with E-state index in [4.69, 9.17) is 26.8 Å². The standard InChI is InChI=1S/C32H29ClFN3O3/c1-18-13-19(2)24(14-20(18)17-40-29-12-7-21(34)15-26(29)33)30-25(16-35)32(36)37(22-8-10-23(39-3)11-9-22)27-5-4-6-28(38)31(27)30/h7-15,30H,4-6,17,36H2,1-3H3. The summed E-state index contributed by atoms with van der Waals surface area (Å²) in [6.45, 7) is 4.12. The Hall–Kier alpha value is -4.28. The lowest BCUT2D eigenvalue weighted by Gasteiger charge is -2.40. The van der Waals surface area contributed by atoms with Crippen LogP contribution in [0.4, 0.5) is 10.1 Å². The molecule has 1 atom stereocenters. The normalized spacial score (nSPS) is 17.1. The van der Waals surface area contributed by atoms with E-state index in [9.17, 15) is 14.4 Å². The first kappa shape index (κ1) is 27.3. The summed E-state index contributed by atoms with van der Waals surface area (Å²) >= 11 is 6.16. The van der Waals surface area contributed by atoms with Crippen molar-refractivity contribution >= 4 is 23.1 Å². The maximum Gasteiger partial charge on any atom is 0.161 e. The van der Waals surface area contributed by atoms with Crippen molar-refractivity contribution in [2.45, 2.75) is 45.6 Å². The van der Waals surface area contributed by atoms with E-state index in [1.165, 1.54) is 18.2 Å². The molecule has 0 spiro atoms. The number of hydrogen-bond acceptors (Lipinski definition) is 6. The lowest BCUT2D eigenvalue weighted by Crippen LogP contribution is -2.38. The van der Waals surface area contributed by atoms with E-state index in [1.807, 2.05) is 55.1 Å². The van der Waals surface area contributed by atoms with Crippen LogP contribution in [0.2, 0.25) is 5.02 Å². The van der Waals surface area contributed by atoms with Gasteiger partial charge in [-0.2, -0.15) is 5.26 Å². The van der Waals surface area contributed by atoms with Crippen LogP contribution in [0.3, 0.4) is 0 Å². The van der Waals surface area contributed by atoms with E-state index in [1.54, 1.807) is 7.11 Å². The van der Waals surface area contributed by atoms with Crippen molar-refractivity contribution in [3.05, 3.63) is 110 Å². The van der Waals surface area contributed by atoms with Crippen molar-refractivity contribution in [1.82, 2.24) is 0 Å². The quantitative estimate of drug-likeness (QED) is 0.351. The first-order valence-corrected chi connectivity index (χ1v) is 13.4. The summed E-state index contributed by atoms with van der Waals surface area (Å²) in [5.74, 6) is 0.343. The summed E-state index contributed by atoms with van der Waals surface area (Å²) in [7, 11) is 1.60. The summed E-state index contributed by atoms with van der Waals surface area (Å²) in [5, 5.41) is 10.6. The van der Waals surface area contributed by atoms with Crippen molar-refractivity contribution in [2.24, 2.45) is 5.73 Å². The second-order valence-corrected chi connectivity index (χ2v) is 10.4. The molecule has 0 radical (unpaired) electrons. The van der Waals surface area contributed by atoms with Gasteiger partial charge in [0, 0.05) is 23.4 Å². The molecular weight excluding hydrogens is 529 g/mol. The minimum absolute atomic E-state index is 0.0147. The fraction of sp³-hybridized carbons (Fsp3) is 0.250. The molecule has 8 heteroatoms. The first-order valence-electron chi connectivity index (χ1n) is 13.0. The highest BCUT2D eigenvalue weighted by Crippen LogP contribution is 2.47. The zero-order chi connectivity index (χ0) is 28.6. The van der Waals surface area contributed by atoms with Crippen LogP contribution in [0.5, 0.6) is 11.5 Å². The number of nitrogens with two attached hydrogens (primary N) is 1. The smallest absolute Gasteiger partial charge is 0.161 e. The molecule has 1 unspecified atom stereocenters. The minimum atomic E-state index is -0.601. The Labute approximate surface area is 238 Å². The average molecular weight is 558 g/mol. The van der Waals surface area contributed by atoms with Crippen molar-refractivity contribution in [3.8, 4) is 17.6 Å². The number of anilines is 1. The number of nitrogens with zero attached hydrogens (tertiary/aromatic N) is 2. The van der Waals surface area contributed by atoms with E-state index in [0.717, 1.165) is 33.6 Å². The lowest BCUT2D eigenvalue weighted by atomic mass is 9.74. The summed E-state index contributed by atoms with van der Waals surface area (Å²) in [6.07, 6.45) is 1.78. The van der Waals surface area contributed by atoms with Gasteiger partial charge in [-0.3, -0.25) is 9.69 Å². The molecule has 3 aromatic rings. The van der Waals surface area contributed by atoms with Gasteiger partial charge in [-0.1, -0.05) is 23.7 Å². The maximum absolute atomic E-state index is 13.5. The van der Waals surface area contributed by atoms with Crippen LogP contribution in [0.25, 0.3) is 0 Å². The van der Waals surface area contributed by atoms with Gasteiger partial charge in [0.05, 0.1) is 29.7 Å². The summed E-state index contributed by atoms with van der Waals surface area (Å²) in [5.41, 5.74) is 12.9. The number of carbonyl (C=O) groups is 1. The van der Waals surface area contributed by atoms with Gasteiger partial charge in [-0.15, -0.1) is 0 Å². The number of methoxy groups -OCH3 is 1. The van der Waals surface area contributed by atoms with Crippen LogP contribution >= 0.6 is 11.6 Å². The second-order valence-electron chi connectivity index (χ2n) is 10.0. The van der Waals surface area contributed by atoms with Crippen LogP contribution in [0, 0.1) is 31.0 Å². The third-order valence-corrected chi connectivity index (χ3v) is 7.85. The molecule has 0 saturated heterocycles. The lowest BCUT2D eigenvalue weighted by molar-refractivity contribution is -0.116. The highest BCUT2D eigenvalue weighted by atomic mass is 35.5. The Balaban J connectivity index is 1.61. The molecule has 2 aliphatic rings. The summed E-state index contributed by atoms with van der Waals surface area (Å²) < 4.78 is 24.7. The van der Waals surface area contributed by atoms with Gasteiger partial charge >= 0.3 is 0 Å². The third-order valence-electron chi connectivity index (χ3n) is 7.56. The maximum atomic E-state index is 13.5. The van der Waals surface area contributed by atoms with Gasteiger partial charge in [0.15, 0.2) is 5.78 Å². The molecule has 1 aliphatic carbocycles. The van der Waals surface area contributed by atoms with Gasteiger partial charge in [-0.05, 0) is 91.4 Å². The highest BCUT2D eigenvalue weighted by Gasteiger charge is 2.41. The van der Waals surface area contributed by atoms with E-state index in [0.29, 0.717) is 47.7 Å². The average Bonchev–Trinajstić information content (AvgIpc) is 2.93. The Kier molecular flexibility index (Phi) is 7.55. The number of benzene rings is 3. The number of aryl methyl sites for hydroxylation is 2. The molecule has 3 aromatic carbocycles. The molecule has 2 N–H and O–H groups in total. The molecule has 0 amide bonds. The summed E-state index contributed by atoms with van der Waals surface area (Å²) in [6, 6.07) is 17.7. The zero-order valence-corrected chi connectivity index (χ0v) is 23.3. The number of ether oxygens (including phenoxy) is 2. The largest absolute Gasteiger partial charge is 0.497 e. The monoisotopic (exact) mass is 557 g/mol. The van der Waals surface area contributed by atoms with Crippen molar-refractivity contribution in [1.29, 1.82) is 5.26 Å². The van der Waals surface area contributed by atoms with Gasteiger partial charge in [-0.25, -0.2) is 4.39 Å². The summed E-state index contributed by atoms with van der Waals surface area (Å²) in [4.78, 5) is 15.4. The molecule has 6 nitrogen and oxygen atoms in total. The molecule has 204 valence electrons. The number of ketones is 1. The molecule has 1 heterocycles. The fourth-order valence-corrected chi connectivity index (χ4v) is 5.78. The van der Waals surface area contributed by atoms with Crippen molar-refractivity contribution in [3.63, 3.8) is 0 Å². The van der Waals surface area contributed by atoms with Crippen LogP contribution in [-0.2, 0) is 11.4 Å². The number of hydrogen-bond donors (Lipinski definition) is 1. The Morgan fingerprint density at radius 1 is 1.10 bits per heavy atom. The SMILES string of the molecule is COc1ccc(N2C(N)=C(C#N)C(c3cc(COc4ccc(F)cc4Cl)c(C)cc3C)C3=C2CCCC3=O)cc1. The zero-order valence-electron chi connectivity index (χ0n) is 22.6. The van der Waals surface area contributed by atoms with Gasteiger partial charge in [0.2, 0.25) is 0 Å². The van der Waals surface area contributed by atoms with Crippen molar-refractivity contribution < 1.29 is 18.7 Å². The minimum Gasteiger partial charge on any atom is -0.497 e. The highest BCUT2D eigenvalue weighted by molar-refractivity contribution is 6.32. The number of halogens is 2. The molecule has 1 aliphatic heterocycles. The van der Waals surface area contributed by atoms with Crippen LogP contribution < -0.4 is 20.1 Å². The topological polar surface area (TPSA) is 88.6 Å². The van der Waals surface area contributed by atoms with E-state index < -0.39 is 11.7 Å². The number of rotatable bonds is 6. The Morgan fingerprint density at radius 3 is 2.52 bits per heavy atom. The van der Waals surface area contributed by atoms with E-state index in [-0.39, 0.29) is 17.4 Å². The molecule has 0 aromatic heterocycles. The molecule has 0 bridgehead atoms. The van der Waals surface area contributed by atoms with Gasteiger partial charge in [0.25, 0.3) is 0 Å². The predicted octanol–water partition coefficient (Wildman–Crippen LogP) is 6.99. The molecule has 40 heavy (non-hydrogen) atoms. The van der Waals surface area contributed by atoms with Gasteiger partial charge < -0.3 is 15.2 Å². The molecule has 0 saturated carbocycles. The van der Waals surface area contributed by atoms with E-state index in [2.05, 4.69) is 6.07 Å². The van der Waals surface area contributed by atoms with Crippen LogP contribution in [0.1, 0.15) is 47.4 Å². The number of nitriles is 1. The number of allylic oxidation sites excluding steroid dienone is 3. The second kappa shape index (κ2) is 11.1. The van der Waals surface area contributed by atoms with E-state index >= 15 is 0 Å². The molecular formula is C32H29ClFN3O3. The van der Waals surface area contributed by atoms with Crippen molar-refractivity contribution in [2.75, 3.05) is 12.0 Å². The Bertz CT molecular complexity index is 1600. The number of Topliss-reactive ketones (excluding diaryl/α,β-unsaturated/α-hetero) is 1.